The topological polar surface area (TPSA) is 67.9 Å². The van der Waals surface area contributed by atoms with Crippen LogP contribution in [0.1, 0.15) is 11.1 Å². The van der Waals surface area contributed by atoms with E-state index >= 15 is 0 Å². The van der Waals surface area contributed by atoms with Gasteiger partial charge in [0.1, 0.15) is 17.0 Å². The van der Waals surface area contributed by atoms with Gasteiger partial charge in [-0.05, 0) is 76.9 Å². The fraction of sp³-hybridized carbons (Fsp3) is 0.0909. The predicted octanol–water partition coefficient (Wildman–Crippen LogP) is 6.03. The highest BCUT2D eigenvalue weighted by molar-refractivity contribution is 9.10. The standard InChI is InChI=1S/C22H17BrN2O3/c1-13-8-15(21(26)18(23)9-13)12-24-16-6-7-20-19(11-16)25-22(28-20)14-4-3-5-17(10-14)27-2/h3-12,26H,1-2H3. The van der Waals surface area contributed by atoms with Crippen LogP contribution in [0.2, 0.25) is 0 Å². The molecule has 0 unspecified atom stereocenters. The predicted molar refractivity (Wildman–Crippen MR) is 114 cm³/mol. The van der Waals surface area contributed by atoms with Crippen molar-refractivity contribution in [3.8, 4) is 23.0 Å². The number of halogens is 1. The Bertz CT molecular complexity index is 1200. The first-order chi connectivity index (χ1) is 13.5. The lowest BCUT2D eigenvalue weighted by molar-refractivity contribution is 0.415. The Hall–Kier alpha value is -3.12. The summed E-state index contributed by atoms with van der Waals surface area (Å²) in [5.74, 6) is 1.43. The normalized spacial score (nSPS) is 11.4. The minimum Gasteiger partial charge on any atom is -0.506 e. The second-order valence-corrected chi connectivity index (χ2v) is 7.20. The van der Waals surface area contributed by atoms with Gasteiger partial charge < -0.3 is 14.3 Å². The van der Waals surface area contributed by atoms with Crippen molar-refractivity contribution < 1.29 is 14.3 Å². The molecule has 1 aromatic heterocycles. The zero-order valence-electron chi connectivity index (χ0n) is 15.3. The van der Waals surface area contributed by atoms with Gasteiger partial charge in [0.2, 0.25) is 5.89 Å². The molecule has 0 atom stereocenters. The number of hydrogen-bond acceptors (Lipinski definition) is 5. The third kappa shape index (κ3) is 3.64. The summed E-state index contributed by atoms with van der Waals surface area (Å²) < 4.78 is 11.8. The summed E-state index contributed by atoms with van der Waals surface area (Å²) in [5.41, 5.74) is 4.62. The number of rotatable bonds is 4. The fourth-order valence-electron chi connectivity index (χ4n) is 2.88. The Morgan fingerprint density at radius 1 is 1.14 bits per heavy atom. The lowest BCUT2D eigenvalue weighted by Gasteiger charge is -2.03. The molecule has 0 radical (unpaired) electrons. The molecule has 4 rings (SSSR count). The van der Waals surface area contributed by atoms with E-state index in [4.69, 9.17) is 9.15 Å². The molecular weight excluding hydrogens is 420 g/mol. The summed E-state index contributed by atoms with van der Waals surface area (Å²) in [4.78, 5) is 9.04. The highest BCUT2D eigenvalue weighted by Gasteiger charge is 2.10. The van der Waals surface area contributed by atoms with Gasteiger partial charge in [-0.2, -0.15) is 0 Å². The number of methoxy groups -OCH3 is 1. The average molecular weight is 437 g/mol. The number of benzene rings is 3. The van der Waals surface area contributed by atoms with Crippen LogP contribution in [0.5, 0.6) is 11.5 Å². The summed E-state index contributed by atoms with van der Waals surface area (Å²) >= 11 is 3.35. The van der Waals surface area contributed by atoms with Gasteiger partial charge in [0.25, 0.3) is 0 Å². The Kier molecular flexibility index (Phi) is 4.88. The summed E-state index contributed by atoms with van der Waals surface area (Å²) in [6.07, 6.45) is 1.64. The van der Waals surface area contributed by atoms with Gasteiger partial charge in [-0.15, -0.1) is 0 Å². The Balaban J connectivity index is 1.67. The van der Waals surface area contributed by atoms with Crippen molar-refractivity contribution in [3.05, 3.63) is 70.2 Å². The molecular formula is C22H17BrN2O3. The van der Waals surface area contributed by atoms with Crippen molar-refractivity contribution in [3.63, 3.8) is 0 Å². The van der Waals surface area contributed by atoms with E-state index in [1.165, 1.54) is 0 Å². The van der Waals surface area contributed by atoms with Crippen LogP contribution in [-0.2, 0) is 0 Å². The van der Waals surface area contributed by atoms with Crippen LogP contribution < -0.4 is 4.74 Å². The molecule has 6 heteroatoms. The summed E-state index contributed by atoms with van der Waals surface area (Å²) in [7, 11) is 1.63. The maximum atomic E-state index is 10.2. The van der Waals surface area contributed by atoms with Gasteiger partial charge in [0, 0.05) is 17.3 Å². The van der Waals surface area contributed by atoms with E-state index in [-0.39, 0.29) is 5.75 Å². The summed E-state index contributed by atoms with van der Waals surface area (Å²) in [5, 5.41) is 10.2. The van der Waals surface area contributed by atoms with Crippen molar-refractivity contribution in [2.24, 2.45) is 4.99 Å². The maximum absolute atomic E-state index is 10.2. The first-order valence-corrected chi connectivity index (χ1v) is 9.41. The molecule has 3 aromatic carbocycles. The molecule has 0 amide bonds. The number of hydrogen-bond donors (Lipinski definition) is 1. The first kappa shape index (κ1) is 18.3. The molecule has 1 heterocycles. The van der Waals surface area contributed by atoms with E-state index in [0.29, 0.717) is 27.0 Å². The SMILES string of the molecule is COc1cccc(-c2nc3cc(N=Cc4cc(C)cc(Br)c4O)ccc3o2)c1. The third-order valence-corrected chi connectivity index (χ3v) is 4.88. The maximum Gasteiger partial charge on any atom is 0.227 e. The molecule has 140 valence electrons. The number of aryl methyl sites for hydroxylation is 1. The molecule has 0 spiro atoms. The molecule has 1 N–H and O–H groups in total. The molecule has 0 aliphatic carbocycles. The summed E-state index contributed by atoms with van der Waals surface area (Å²) in [6, 6.07) is 16.8. The van der Waals surface area contributed by atoms with E-state index in [1.807, 2.05) is 61.5 Å². The molecule has 0 aliphatic rings. The van der Waals surface area contributed by atoms with Crippen LogP contribution in [0, 0.1) is 6.92 Å². The van der Waals surface area contributed by atoms with Crippen molar-refractivity contribution in [1.29, 1.82) is 0 Å². The van der Waals surface area contributed by atoms with Crippen LogP contribution >= 0.6 is 15.9 Å². The number of aromatic hydroxyl groups is 1. The number of aliphatic imine (C=N–C) groups is 1. The van der Waals surface area contributed by atoms with Crippen molar-refractivity contribution in [1.82, 2.24) is 4.98 Å². The molecule has 4 aromatic rings. The van der Waals surface area contributed by atoms with Gasteiger partial charge >= 0.3 is 0 Å². The molecule has 0 fully saturated rings. The number of ether oxygens (including phenoxy) is 1. The minimum atomic E-state index is 0.164. The second-order valence-electron chi connectivity index (χ2n) is 6.35. The third-order valence-electron chi connectivity index (χ3n) is 4.28. The van der Waals surface area contributed by atoms with E-state index in [0.717, 1.165) is 22.6 Å². The molecule has 28 heavy (non-hydrogen) atoms. The Labute approximate surface area is 170 Å². The van der Waals surface area contributed by atoms with Crippen molar-refractivity contribution >= 4 is 38.9 Å². The Morgan fingerprint density at radius 3 is 2.82 bits per heavy atom. The molecule has 0 saturated carbocycles. The number of fused-ring (bicyclic) bond motifs is 1. The van der Waals surface area contributed by atoms with Crippen molar-refractivity contribution in [2.45, 2.75) is 6.92 Å². The number of nitrogens with zero attached hydrogens (tertiary/aromatic N) is 2. The van der Waals surface area contributed by atoms with Crippen LogP contribution in [-0.4, -0.2) is 23.4 Å². The zero-order chi connectivity index (χ0) is 19.7. The van der Waals surface area contributed by atoms with Crippen LogP contribution in [0.4, 0.5) is 5.69 Å². The highest BCUT2D eigenvalue weighted by Crippen LogP contribution is 2.30. The van der Waals surface area contributed by atoms with E-state index in [9.17, 15) is 5.11 Å². The number of phenolic OH excluding ortho intramolecular Hbond substituents is 1. The molecule has 0 saturated heterocycles. The molecule has 0 bridgehead atoms. The van der Waals surface area contributed by atoms with Gasteiger partial charge in [0.05, 0.1) is 17.3 Å². The van der Waals surface area contributed by atoms with Crippen molar-refractivity contribution in [2.75, 3.05) is 7.11 Å². The van der Waals surface area contributed by atoms with E-state index in [1.54, 1.807) is 13.3 Å². The van der Waals surface area contributed by atoms with Crippen LogP contribution in [0.3, 0.4) is 0 Å². The number of phenols is 1. The zero-order valence-corrected chi connectivity index (χ0v) is 16.9. The van der Waals surface area contributed by atoms with Crippen LogP contribution in [0.15, 0.2) is 68.5 Å². The van der Waals surface area contributed by atoms with E-state index in [2.05, 4.69) is 25.9 Å². The molecule has 5 nitrogen and oxygen atoms in total. The number of oxazole rings is 1. The quantitative estimate of drug-likeness (QED) is 0.396. The minimum absolute atomic E-state index is 0.164. The lowest BCUT2D eigenvalue weighted by atomic mass is 10.1. The first-order valence-electron chi connectivity index (χ1n) is 8.62. The van der Waals surface area contributed by atoms with Gasteiger partial charge in [0.15, 0.2) is 5.58 Å². The van der Waals surface area contributed by atoms with Crippen LogP contribution in [0.25, 0.3) is 22.6 Å². The highest BCUT2D eigenvalue weighted by atomic mass is 79.9. The van der Waals surface area contributed by atoms with Gasteiger partial charge in [-0.3, -0.25) is 4.99 Å². The summed E-state index contributed by atoms with van der Waals surface area (Å²) in [6.45, 7) is 1.96. The largest absolute Gasteiger partial charge is 0.506 e. The molecule has 0 aliphatic heterocycles. The monoisotopic (exact) mass is 436 g/mol. The second kappa shape index (κ2) is 7.48. The number of aromatic nitrogens is 1. The Morgan fingerprint density at radius 2 is 2.00 bits per heavy atom. The van der Waals surface area contributed by atoms with Gasteiger partial charge in [-0.25, -0.2) is 4.98 Å². The fourth-order valence-corrected chi connectivity index (χ4v) is 3.47. The smallest absolute Gasteiger partial charge is 0.227 e. The average Bonchev–Trinajstić information content (AvgIpc) is 3.13. The lowest BCUT2D eigenvalue weighted by Crippen LogP contribution is -1.86. The van der Waals surface area contributed by atoms with E-state index < -0.39 is 0 Å². The van der Waals surface area contributed by atoms with Gasteiger partial charge in [-0.1, -0.05) is 6.07 Å².